The lowest BCUT2D eigenvalue weighted by molar-refractivity contribution is 0.352. The predicted molar refractivity (Wildman–Crippen MR) is 123 cm³/mol. The predicted octanol–water partition coefficient (Wildman–Crippen LogP) is 2.13. The molecule has 1 saturated heterocycles. The first-order chi connectivity index (χ1) is 12.8. The Hall–Kier alpha value is -1.62. The zero-order valence-electron chi connectivity index (χ0n) is 16.5. The lowest BCUT2D eigenvalue weighted by atomic mass is 10.2. The highest BCUT2D eigenvalue weighted by Gasteiger charge is 2.40. The van der Waals surface area contributed by atoms with Crippen LogP contribution in [-0.4, -0.2) is 59.5 Å². The average molecular weight is 517 g/mol. The van der Waals surface area contributed by atoms with Gasteiger partial charge in [-0.25, -0.2) is 13.4 Å². The van der Waals surface area contributed by atoms with Gasteiger partial charge in [0, 0.05) is 39.1 Å². The topological polar surface area (TPSA) is 79.6 Å². The van der Waals surface area contributed by atoms with E-state index < -0.39 is 14.6 Å². The van der Waals surface area contributed by atoms with Gasteiger partial charge in [0.25, 0.3) is 0 Å². The highest BCUT2D eigenvalue weighted by Crippen LogP contribution is 2.23. The molecule has 1 aromatic heterocycles. The zero-order chi connectivity index (χ0) is 19.5. The summed E-state index contributed by atoms with van der Waals surface area (Å²) in [7, 11) is -1.36. The van der Waals surface area contributed by atoms with Gasteiger partial charge in [0.05, 0.1) is 17.0 Å². The molecule has 28 heavy (non-hydrogen) atoms. The summed E-state index contributed by atoms with van der Waals surface area (Å²) in [6.07, 6.45) is 3.75. The van der Waals surface area contributed by atoms with Crippen molar-refractivity contribution in [3.05, 3.63) is 54.1 Å². The van der Waals surface area contributed by atoms with Crippen LogP contribution in [0.1, 0.15) is 25.2 Å². The average Bonchev–Trinajstić information content (AvgIpc) is 3.06. The molecule has 0 radical (unpaired) electrons. The Labute approximate surface area is 184 Å². The van der Waals surface area contributed by atoms with E-state index in [1.165, 1.54) is 5.56 Å². The molecule has 2 heterocycles. The molecule has 7 nitrogen and oxygen atoms in total. The van der Waals surface area contributed by atoms with Crippen molar-refractivity contribution in [3.63, 3.8) is 0 Å². The SMILES string of the molecule is CN=C(NCc1nccn1Cc1ccccc1)N1CCS(=O)(=O)C(C)(C)C1.I. The van der Waals surface area contributed by atoms with E-state index >= 15 is 0 Å². The number of hydrogen-bond donors (Lipinski definition) is 1. The van der Waals surface area contributed by atoms with E-state index in [0.29, 0.717) is 25.6 Å². The highest BCUT2D eigenvalue weighted by atomic mass is 127. The number of guanidine groups is 1. The molecule has 3 rings (SSSR count). The number of halogens is 1. The van der Waals surface area contributed by atoms with Gasteiger partial charge in [-0.3, -0.25) is 4.99 Å². The van der Waals surface area contributed by atoms with E-state index in [0.717, 1.165) is 12.4 Å². The molecule has 0 atom stereocenters. The van der Waals surface area contributed by atoms with Crippen LogP contribution in [0.3, 0.4) is 0 Å². The van der Waals surface area contributed by atoms with Crippen LogP contribution in [0.5, 0.6) is 0 Å². The molecule has 1 aromatic carbocycles. The van der Waals surface area contributed by atoms with Gasteiger partial charge >= 0.3 is 0 Å². The van der Waals surface area contributed by atoms with E-state index in [9.17, 15) is 8.42 Å². The summed E-state index contributed by atoms with van der Waals surface area (Å²) in [4.78, 5) is 10.8. The summed E-state index contributed by atoms with van der Waals surface area (Å²) in [6, 6.07) is 10.2. The molecule has 1 N–H and O–H groups in total. The minimum absolute atomic E-state index is 0. The quantitative estimate of drug-likeness (QED) is 0.382. The standard InChI is InChI=1S/C19H27N5O2S.HI/c1-19(2)15-24(11-12-27(19,25)26)18(20-3)22-13-17-21-9-10-23(17)14-16-7-5-4-6-8-16;/h4-10H,11-15H2,1-3H3,(H,20,22);1H. The summed E-state index contributed by atoms with van der Waals surface area (Å²) < 4.78 is 25.8. The molecule has 2 aromatic rings. The lowest BCUT2D eigenvalue weighted by Crippen LogP contribution is -2.57. The van der Waals surface area contributed by atoms with Crippen molar-refractivity contribution in [3.8, 4) is 0 Å². The zero-order valence-corrected chi connectivity index (χ0v) is 19.6. The fraction of sp³-hybridized carbons (Fsp3) is 0.474. The normalized spacial score (nSPS) is 18.4. The van der Waals surface area contributed by atoms with Crippen molar-refractivity contribution in [2.75, 3.05) is 25.9 Å². The maximum Gasteiger partial charge on any atom is 0.194 e. The Morgan fingerprint density at radius 1 is 1.29 bits per heavy atom. The molecule has 1 aliphatic heterocycles. The second-order valence-corrected chi connectivity index (χ2v) is 10.1. The van der Waals surface area contributed by atoms with Gasteiger partial charge in [0.15, 0.2) is 15.8 Å². The molecule has 154 valence electrons. The van der Waals surface area contributed by atoms with E-state index in [-0.39, 0.29) is 29.7 Å². The molecular weight excluding hydrogens is 489 g/mol. The Bertz CT molecular complexity index is 909. The van der Waals surface area contributed by atoms with Crippen molar-refractivity contribution in [1.82, 2.24) is 19.8 Å². The van der Waals surface area contributed by atoms with Crippen LogP contribution < -0.4 is 5.32 Å². The van der Waals surface area contributed by atoms with Crippen LogP contribution in [0.4, 0.5) is 0 Å². The van der Waals surface area contributed by atoms with E-state index in [4.69, 9.17) is 0 Å². The number of benzene rings is 1. The molecule has 0 aliphatic carbocycles. The highest BCUT2D eigenvalue weighted by molar-refractivity contribution is 14.0. The third kappa shape index (κ3) is 5.05. The summed E-state index contributed by atoms with van der Waals surface area (Å²) >= 11 is 0. The Balaban J connectivity index is 0.00000280. The van der Waals surface area contributed by atoms with Crippen molar-refractivity contribution >= 4 is 39.8 Å². The fourth-order valence-electron chi connectivity index (χ4n) is 3.25. The first-order valence-electron chi connectivity index (χ1n) is 9.04. The molecule has 0 unspecified atom stereocenters. The summed E-state index contributed by atoms with van der Waals surface area (Å²) in [5, 5.41) is 3.33. The van der Waals surface area contributed by atoms with Gasteiger partial charge in [-0.2, -0.15) is 0 Å². The van der Waals surface area contributed by atoms with Crippen LogP contribution in [0.2, 0.25) is 0 Å². The number of hydrogen-bond acceptors (Lipinski definition) is 4. The summed E-state index contributed by atoms with van der Waals surface area (Å²) in [5.74, 6) is 1.75. The van der Waals surface area contributed by atoms with E-state index in [1.807, 2.05) is 29.3 Å². The van der Waals surface area contributed by atoms with Crippen molar-refractivity contribution in [2.24, 2.45) is 4.99 Å². The first-order valence-corrected chi connectivity index (χ1v) is 10.7. The van der Waals surface area contributed by atoms with Crippen molar-refractivity contribution in [1.29, 1.82) is 0 Å². The van der Waals surface area contributed by atoms with Crippen molar-refractivity contribution in [2.45, 2.75) is 31.7 Å². The number of sulfone groups is 1. The third-order valence-electron chi connectivity index (χ3n) is 4.96. The molecule has 1 aliphatic rings. The number of aromatic nitrogens is 2. The van der Waals surface area contributed by atoms with Gasteiger partial charge in [0.1, 0.15) is 5.82 Å². The second-order valence-electron chi connectivity index (χ2n) is 7.36. The second kappa shape index (κ2) is 9.25. The Morgan fingerprint density at radius 2 is 2.00 bits per heavy atom. The molecule has 0 amide bonds. The van der Waals surface area contributed by atoms with Gasteiger partial charge in [0.2, 0.25) is 0 Å². The molecule has 0 spiro atoms. The smallest absolute Gasteiger partial charge is 0.194 e. The molecule has 1 fully saturated rings. The van der Waals surface area contributed by atoms with Crippen molar-refractivity contribution < 1.29 is 8.42 Å². The molecular formula is C19H28IN5O2S. The van der Waals surface area contributed by atoms with Gasteiger partial charge in [-0.05, 0) is 19.4 Å². The molecule has 9 heteroatoms. The molecule has 0 bridgehead atoms. The van der Waals surface area contributed by atoms with E-state index in [1.54, 1.807) is 27.1 Å². The number of rotatable bonds is 4. The fourth-order valence-corrected chi connectivity index (χ4v) is 4.61. The Morgan fingerprint density at radius 3 is 2.64 bits per heavy atom. The van der Waals surface area contributed by atoms with Gasteiger partial charge in [-0.15, -0.1) is 24.0 Å². The van der Waals surface area contributed by atoms with Crippen LogP contribution in [0.15, 0.2) is 47.7 Å². The van der Waals surface area contributed by atoms with Crippen LogP contribution in [-0.2, 0) is 22.9 Å². The van der Waals surface area contributed by atoms with Crippen LogP contribution >= 0.6 is 24.0 Å². The monoisotopic (exact) mass is 517 g/mol. The van der Waals surface area contributed by atoms with E-state index in [2.05, 4.69) is 32.0 Å². The van der Waals surface area contributed by atoms with Crippen LogP contribution in [0, 0.1) is 0 Å². The number of aliphatic imine (C=N–C) groups is 1. The number of nitrogens with zero attached hydrogens (tertiary/aromatic N) is 4. The lowest BCUT2D eigenvalue weighted by Gasteiger charge is -2.39. The van der Waals surface area contributed by atoms with Gasteiger partial charge in [-0.1, -0.05) is 30.3 Å². The minimum Gasteiger partial charge on any atom is -0.349 e. The van der Waals surface area contributed by atoms with Gasteiger partial charge < -0.3 is 14.8 Å². The Kier molecular flexibility index (Phi) is 7.49. The maximum absolute atomic E-state index is 12.2. The number of imidazole rings is 1. The van der Waals surface area contributed by atoms with Crippen LogP contribution in [0.25, 0.3) is 0 Å². The largest absolute Gasteiger partial charge is 0.349 e. The molecule has 0 saturated carbocycles. The summed E-state index contributed by atoms with van der Waals surface area (Å²) in [5.41, 5.74) is 1.21. The third-order valence-corrected chi connectivity index (χ3v) is 7.49. The minimum atomic E-state index is -3.08. The number of nitrogens with one attached hydrogen (secondary N) is 1. The maximum atomic E-state index is 12.2. The first kappa shape index (κ1) is 22.7. The summed E-state index contributed by atoms with van der Waals surface area (Å²) in [6.45, 7) is 5.70.